The number of hydrogen-bond acceptors (Lipinski definition) is 1. The Morgan fingerprint density at radius 2 is 1.94 bits per heavy atom. The van der Waals surface area contributed by atoms with Crippen LogP contribution in [-0.4, -0.2) is 11.9 Å². The van der Waals surface area contributed by atoms with Crippen molar-refractivity contribution in [2.75, 3.05) is 0 Å². The lowest BCUT2D eigenvalue weighted by Gasteiger charge is -2.13. The molecule has 0 atom stereocenters. The van der Waals surface area contributed by atoms with Gasteiger partial charge in [-0.2, -0.15) is 0 Å². The normalized spacial score (nSPS) is 16.2. The van der Waals surface area contributed by atoms with Gasteiger partial charge in [0.2, 0.25) is 0 Å². The van der Waals surface area contributed by atoms with E-state index in [2.05, 4.69) is 21.2 Å². The molecule has 0 unspecified atom stereocenters. The maximum absolute atomic E-state index is 13.6. The highest BCUT2D eigenvalue weighted by atomic mass is 79.9. The molecule has 0 saturated heterocycles. The zero-order valence-corrected chi connectivity index (χ0v) is 10.7. The molecule has 1 aliphatic rings. The third-order valence-corrected chi connectivity index (χ3v) is 3.57. The first-order valence-electron chi connectivity index (χ1n) is 5.54. The lowest BCUT2D eigenvalue weighted by atomic mass is 10.1. The van der Waals surface area contributed by atoms with Crippen molar-refractivity contribution in [3.8, 4) is 0 Å². The van der Waals surface area contributed by atoms with E-state index in [4.69, 9.17) is 0 Å². The van der Waals surface area contributed by atoms with Crippen LogP contribution in [0, 0.1) is 11.6 Å². The molecule has 1 aliphatic carbocycles. The molecule has 2 nitrogen and oxygen atoms in total. The minimum absolute atomic E-state index is 0.0419. The minimum atomic E-state index is -0.847. The van der Waals surface area contributed by atoms with E-state index in [1.165, 1.54) is 6.07 Å². The number of nitrogens with one attached hydrogen (secondary N) is 1. The Morgan fingerprint density at radius 1 is 1.29 bits per heavy atom. The van der Waals surface area contributed by atoms with Crippen LogP contribution in [-0.2, 0) is 0 Å². The van der Waals surface area contributed by atoms with Gasteiger partial charge >= 0.3 is 0 Å². The van der Waals surface area contributed by atoms with E-state index in [9.17, 15) is 13.6 Å². The average molecular weight is 304 g/mol. The topological polar surface area (TPSA) is 29.1 Å². The zero-order chi connectivity index (χ0) is 12.4. The van der Waals surface area contributed by atoms with Gasteiger partial charge in [0.25, 0.3) is 5.91 Å². The summed E-state index contributed by atoms with van der Waals surface area (Å²) < 4.78 is 27.2. The van der Waals surface area contributed by atoms with Crippen molar-refractivity contribution in [3.63, 3.8) is 0 Å². The fourth-order valence-corrected chi connectivity index (χ4v) is 2.39. The summed E-state index contributed by atoms with van der Waals surface area (Å²) in [5.74, 6) is -2.35. The molecule has 1 N–H and O–H groups in total. The van der Waals surface area contributed by atoms with Crippen LogP contribution in [0.2, 0.25) is 0 Å². The first-order valence-corrected chi connectivity index (χ1v) is 6.33. The molecular weight excluding hydrogens is 292 g/mol. The highest BCUT2D eigenvalue weighted by Crippen LogP contribution is 2.23. The number of carbonyl (C=O) groups is 1. The van der Waals surface area contributed by atoms with E-state index >= 15 is 0 Å². The van der Waals surface area contributed by atoms with Crippen molar-refractivity contribution < 1.29 is 13.6 Å². The lowest BCUT2D eigenvalue weighted by Crippen LogP contribution is -2.33. The van der Waals surface area contributed by atoms with Gasteiger partial charge in [-0.25, -0.2) is 8.78 Å². The zero-order valence-electron chi connectivity index (χ0n) is 9.10. The molecule has 1 fully saturated rings. The van der Waals surface area contributed by atoms with Crippen LogP contribution in [0.4, 0.5) is 8.78 Å². The highest BCUT2D eigenvalue weighted by Gasteiger charge is 2.23. The quantitative estimate of drug-likeness (QED) is 0.834. The van der Waals surface area contributed by atoms with Crippen molar-refractivity contribution in [1.82, 2.24) is 5.32 Å². The molecular formula is C12H12BrF2NO. The van der Waals surface area contributed by atoms with Gasteiger partial charge in [-0.15, -0.1) is 0 Å². The van der Waals surface area contributed by atoms with Gasteiger partial charge in [0.15, 0.2) is 5.82 Å². The van der Waals surface area contributed by atoms with Crippen LogP contribution in [0.15, 0.2) is 16.6 Å². The number of halogens is 3. The van der Waals surface area contributed by atoms with Gasteiger partial charge in [-0.3, -0.25) is 4.79 Å². The van der Waals surface area contributed by atoms with E-state index in [0.717, 1.165) is 31.7 Å². The second kappa shape index (κ2) is 5.12. The van der Waals surface area contributed by atoms with E-state index < -0.39 is 23.1 Å². The minimum Gasteiger partial charge on any atom is -0.349 e. The lowest BCUT2D eigenvalue weighted by molar-refractivity contribution is 0.0929. The Morgan fingerprint density at radius 3 is 2.59 bits per heavy atom. The Kier molecular flexibility index (Phi) is 3.76. The predicted octanol–water partition coefficient (Wildman–Crippen LogP) is 3.40. The van der Waals surface area contributed by atoms with Gasteiger partial charge in [0.1, 0.15) is 11.4 Å². The summed E-state index contributed by atoms with van der Waals surface area (Å²) in [5.41, 5.74) is -0.508. The second-order valence-corrected chi connectivity index (χ2v) is 5.03. The van der Waals surface area contributed by atoms with Crippen LogP contribution < -0.4 is 5.32 Å². The molecule has 1 aromatic rings. The molecule has 0 aromatic heterocycles. The number of benzene rings is 1. The number of amides is 1. The summed E-state index contributed by atoms with van der Waals surface area (Å²) >= 11 is 2.94. The van der Waals surface area contributed by atoms with Gasteiger partial charge in [0.05, 0.1) is 4.47 Å². The van der Waals surface area contributed by atoms with Crippen LogP contribution in [0.3, 0.4) is 0 Å². The van der Waals surface area contributed by atoms with Gasteiger partial charge in [-0.05, 0) is 40.9 Å². The predicted molar refractivity (Wildman–Crippen MR) is 63.8 cm³/mol. The SMILES string of the molecule is O=C(NC1CCCC1)c1c(F)ccc(Br)c1F. The molecule has 0 bridgehead atoms. The molecule has 2 rings (SSSR count). The smallest absolute Gasteiger partial charge is 0.257 e. The van der Waals surface area contributed by atoms with Crippen LogP contribution in [0.1, 0.15) is 36.0 Å². The number of hydrogen-bond donors (Lipinski definition) is 1. The Balaban J connectivity index is 2.21. The molecule has 0 aliphatic heterocycles. The van der Waals surface area contributed by atoms with Crippen molar-refractivity contribution in [2.45, 2.75) is 31.7 Å². The summed E-state index contributed by atoms with van der Waals surface area (Å²) in [6.45, 7) is 0. The standard InChI is InChI=1S/C12H12BrF2NO/c13-8-5-6-9(14)10(11(8)15)12(17)16-7-3-1-2-4-7/h5-7H,1-4H2,(H,16,17). The molecule has 1 amide bonds. The van der Waals surface area contributed by atoms with E-state index in [0.29, 0.717) is 0 Å². The summed E-state index contributed by atoms with van der Waals surface area (Å²) in [6.07, 6.45) is 3.86. The summed E-state index contributed by atoms with van der Waals surface area (Å²) in [7, 11) is 0. The third kappa shape index (κ3) is 2.65. The average Bonchev–Trinajstić information content (AvgIpc) is 2.77. The van der Waals surface area contributed by atoms with Crippen molar-refractivity contribution in [3.05, 3.63) is 33.8 Å². The first-order chi connectivity index (χ1) is 8.09. The first kappa shape index (κ1) is 12.5. The molecule has 1 saturated carbocycles. The van der Waals surface area contributed by atoms with Crippen molar-refractivity contribution in [1.29, 1.82) is 0 Å². The van der Waals surface area contributed by atoms with E-state index in [1.807, 2.05) is 0 Å². The van der Waals surface area contributed by atoms with E-state index in [1.54, 1.807) is 0 Å². The number of carbonyl (C=O) groups excluding carboxylic acids is 1. The van der Waals surface area contributed by atoms with Crippen LogP contribution in [0.25, 0.3) is 0 Å². The summed E-state index contributed by atoms with van der Waals surface area (Å²) in [4.78, 5) is 11.8. The maximum atomic E-state index is 13.6. The van der Waals surface area contributed by atoms with Crippen molar-refractivity contribution in [2.24, 2.45) is 0 Å². The van der Waals surface area contributed by atoms with Crippen LogP contribution in [0.5, 0.6) is 0 Å². The van der Waals surface area contributed by atoms with E-state index in [-0.39, 0.29) is 10.5 Å². The highest BCUT2D eigenvalue weighted by molar-refractivity contribution is 9.10. The molecule has 0 radical (unpaired) electrons. The molecule has 5 heteroatoms. The fraction of sp³-hybridized carbons (Fsp3) is 0.417. The Bertz CT molecular complexity index is 444. The Hall–Kier alpha value is -0.970. The fourth-order valence-electron chi connectivity index (χ4n) is 2.06. The molecule has 92 valence electrons. The molecule has 17 heavy (non-hydrogen) atoms. The Labute approximate surface area is 107 Å². The van der Waals surface area contributed by atoms with Gasteiger partial charge in [-0.1, -0.05) is 12.8 Å². The molecule has 1 aromatic carbocycles. The maximum Gasteiger partial charge on any atom is 0.257 e. The van der Waals surface area contributed by atoms with Crippen LogP contribution >= 0.6 is 15.9 Å². The molecule has 0 heterocycles. The van der Waals surface area contributed by atoms with Gasteiger partial charge in [0, 0.05) is 6.04 Å². The molecule has 0 spiro atoms. The largest absolute Gasteiger partial charge is 0.349 e. The summed E-state index contributed by atoms with van der Waals surface area (Å²) in [6, 6.07) is 2.37. The summed E-state index contributed by atoms with van der Waals surface area (Å²) in [5, 5.41) is 2.66. The monoisotopic (exact) mass is 303 g/mol. The second-order valence-electron chi connectivity index (χ2n) is 4.17. The van der Waals surface area contributed by atoms with Gasteiger partial charge < -0.3 is 5.32 Å². The third-order valence-electron chi connectivity index (χ3n) is 2.96. The number of rotatable bonds is 2. The van der Waals surface area contributed by atoms with Crippen molar-refractivity contribution >= 4 is 21.8 Å².